The summed E-state index contributed by atoms with van der Waals surface area (Å²) in [7, 11) is 0. The standard InChI is InChI=1S/C6H9ClO/c1-2-4-3-5(4)6(7)8/h4-5H,2-3H2,1H3/t4-,5-/m1/s1. The van der Waals surface area contributed by atoms with Gasteiger partial charge in [0.15, 0.2) is 0 Å². The summed E-state index contributed by atoms with van der Waals surface area (Å²) in [5.41, 5.74) is 0. The molecule has 0 radical (unpaired) electrons. The number of carbonyl (C=O) groups is 1. The summed E-state index contributed by atoms with van der Waals surface area (Å²) in [6, 6.07) is 0. The number of halogens is 1. The molecule has 0 aromatic carbocycles. The molecule has 0 saturated heterocycles. The molecule has 1 aliphatic carbocycles. The SMILES string of the molecule is CC[C@@H]1C[C@H]1C(=O)Cl. The second kappa shape index (κ2) is 2.06. The molecular weight excluding hydrogens is 124 g/mol. The van der Waals surface area contributed by atoms with Crippen LogP contribution in [0, 0.1) is 11.8 Å². The first-order valence-corrected chi connectivity index (χ1v) is 3.32. The first-order valence-electron chi connectivity index (χ1n) is 2.95. The molecule has 2 heteroatoms. The van der Waals surface area contributed by atoms with Crippen LogP contribution in [-0.2, 0) is 4.79 Å². The Morgan fingerprint density at radius 1 is 1.88 bits per heavy atom. The van der Waals surface area contributed by atoms with Crippen LogP contribution in [0.25, 0.3) is 0 Å². The summed E-state index contributed by atoms with van der Waals surface area (Å²) in [5, 5.41) is -0.142. The minimum atomic E-state index is -0.142. The first kappa shape index (κ1) is 6.09. The molecule has 46 valence electrons. The van der Waals surface area contributed by atoms with Crippen LogP contribution < -0.4 is 0 Å². The van der Waals surface area contributed by atoms with Gasteiger partial charge in [-0.3, -0.25) is 4.79 Å². The monoisotopic (exact) mass is 132 g/mol. The average Bonchev–Trinajstić information content (AvgIpc) is 2.42. The van der Waals surface area contributed by atoms with E-state index < -0.39 is 0 Å². The van der Waals surface area contributed by atoms with Crippen molar-refractivity contribution in [1.29, 1.82) is 0 Å². The molecule has 1 fully saturated rings. The van der Waals surface area contributed by atoms with Gasteiger partial charge in [0, 0.05) is 5.92 Å². The number of carbonyl (C=O) groups excluding carboxylic acids is 1. The third kappa shape index (κ3) is 1.03. The van der Waals surface area contributed by atoms with Crippen molar-refractivity contribution in [2.75, 3.05) is 0 Å². The highest BCUT2D eigenvalue weighted by Gasteiger charge is 2.40. The summed E-state index contributed by atoms with van der Waals surface area (Å²) in [4.78, 5) is 10.3. The van der Waals surface area contributed by atoms with Crippen LogP contribution in [0.3, 0.4) is 0 Å². The van der Waals surface area contributed by atoms with Gasteiger partial charge in [-0.25, -0.2) is 0 Å². The Bertz CT molecular complexity index is 111. The Morgan fingerprint density at radius 2 is 2.50 bits per heavy atom. The van der Waals surface area contributed by atoms with Crippen LogP contribution in [0.2, 0.25) is 0 Å². The van der Waals surface area contributed by atoms with E-state index in [4.69, 9.17) is 11.6 Å². The first-order chi connectivity index (χ1) is 3.75. The van der Waals surface area contributed by atoms with Crippen LogP contribution in [0.4, 0.5) is 0 Å². The van der Waals surface area contributed by atoms with Gasteiger partial charge in [0.05, 0.1) is 0 Å². The largest absolute Gasteiger partial charge is 0.281 e. The molecule has 0 heterocycles. The van der Waals surface area contributed by atoms with Crippen molar-refractivity contribution in [3.8, 4) is 0 Å². The fourth-order valence-corrected chi connectivity index (χ4v) is 1.24. The second-order valence-corrected chi connectivity index (χ2v) is 2.69. The van der Waals surface area contributed by atoms with Crippen molar-refractivity contribution in [3.63, 3.8) is 0 Å². The van der Waals surface area contributed by atoms with Gasteiger partial charge in [-0.05, 0) is 23.9 Å². The van der Waals surface area contributed by atoms with Gasteiger partial charge < -0.3 is 0 Å². The quantitative estimate of drug-likeness (QED) is 0.524. The molecule has 1 saturated carbocycles. The maximum absolute atomic E-state index is 10.3. The van der Waals surface area contributed by atoms with Crippen molar-refractivity contribution in [2.45, 2.75) is 19.8 Å². The van der Waals surface area contributed by atoms with Gasteiger partial charge in [0.25, 0.3) is 0 Å². The Hall–Kier alpha value is -0.0400. The molecule has 0 aliphatic heterocycles. The fraction of sp³-hybridized carbons (Fsp3) is 0.833. The van der Waals surface area contributed by atoms with Gasteiger partial charge in [0.1, 0.15) is 0 Å². The van der Waals surface area contributed by atoms with Crippen LogP contribution in [0.1, 0.15) is 19.8 Å². The van der Waals surface area contributed by atoms with Gasteiger partial charge >= 0.3 is 0 Å². The normalized spacial score (nSPS) is 34.8. The summed E-state index contributed by atoms with van der Waals surface area (Å²) < 4.78 is 0. The van der Waals surface area contributed by atoms with Gasteiger partial charge in [-0.1, -0.05) is 13.3 Å². The van der Waals surface area contributed by atoms with E-state index in [-0.39, 0.29) is 11.2 Å². The maximum atomic E-state index is 10.3. The van der Waals surface area contributed by atoms with Crippen molar-refractivity contribution in [2.24, 2.45) is 11.8 Å². The zero-order valence-corrected chi connectivity index (χ0v) is 5.61. The lowest BCUT2D eigenvalue weighted by Gasteiger charge is -1.83. The highest BCUT2D eigenvalue weighted by molar-refractivity contribution is 6.64. The van der Waals surface area contributed by atoms with E-state index in [1.54, 1.807) is 0 Å². The van der Waals surface area contributed by atoms with E-state index in [0.29, 0.717) is 5.92 Å². The number of hydrogen-bond acceptors (Lipinski definition) is 1. The summed E-state index contributed by atoms with van der Waals surface area (Å²) in [5.74, 6) is 0.821. The summed E-state index contributed by atoms with van der Waals surface area (Å²) in [6.45, 7) is 2.09. The molecule has 2 atom stereocenters. The minimum Gasteiger partial charge on any atom is -0.281 e. The lowest BCUT2D eigenvalue weighted by molar-refractivity contribution is -0.113. The van der Waals surface area contributed by atoms with Crippen LogP contribution in [0.5, 0.6) is 0 Å². The molecule has 0 aromatic heterocycles. The summed E-state index contributed by atoms with van der Waals surface area (Å²) >= 11 is 5.21. The Kier molecular flexibility index (Phi) is 1.57. The number of hydrogen-bond donors (Lipinski definition) is 0. The third-order valence-corrected chi connectivity index (χ3v) is 2.02. The predicted molar refractivity (Wildman–Crippen MR) is 32.7 cm³/mol. The zero-order valence-electron chi connectivity index (χ0n) is 4.86. The van der Waals surface area contributed by atoms with E-state index >= 15 is 0 Å². The van der Waals surface area contributed by atoms with Crippen molar-refractivity contribution in [1.82, 2.24) is 0 Å². The van der Waals surface area contributed by atoms with E-state index in [9.17, 15) is 4.79 Å². The van der Waals surface area contributed by atoms with Crippen molar-refractivity contribution < 1.29 is 4.79 Å². The highest BCUT2D eigenvalue weighted by Crippen LogP contribution is 2.42. The molecule has 0 unspecified atom stereocenters. The smallest absolute Gasteiger partial charge is 0.225 e. The molecular formula is C6H9ClO. The third-order valence-electron chi connectivity index (χ3n) is 1.74. The molecule has 0 bridgehead atoms. The Labute approximate surface area is 54.0 Å². The van der Waals surface area contributed by atoms with Crippen LogP contribution in [-0.4, -0.2) is 5.24 Å². The molecule has 1 aliphatic rings. The molecule has 0 spiro atoms. The lowest BCUT2D eigenvalue weighted by atomic mass is 10.3. The molecule has 8 heavy (non-hydrogen) atoms. The van der Waals surface area contributed by atoms with E-state index in [0.717, 1.165) is 12.8 Å². The second-order valence-electron chi connectivity index (χ2n) is 2.31. The highest BCUT2D eigenvalue weighted by atomic mass is 35.5. The zero-order chi connectivity index (χ0) is 6.15. The topological polar surface area (TPSA) is 17.1 Å². The maximum Gasteiger partial charge on any atom is 0.225 e. The number of rotatable bonds is 2. The van der Waals surface area contributed by atoms with Gasteiger partial charge in [0.2, 0.25) is 5.24 Å². The van der Waals surface area contributed by atoms with Gasteiger partial charge in [-0.15, -0.1) is 0 Å². The van der Waals surface area contributed by atoms with Crippen LogP contribution in [0.15, 0.2) is 0 Å². The lowest BCUT2D eigenvalue weighted by Crippen LogP contribution is -1.89. The summed E-state index contributed by atoms with van der Waals surface area (Å²) in [6.07, 6.45) is 2.13. The van der Waals surface area contributed by atoms with Gasteiger partial charge in [-0.2, -0.15) is 0 Å². The van der Waals surface area contributed by atoms with Crippen molar-refractivity contribution >= 4 is 16.8 Å². The van der Waals surface area contributed by atoms with E-state index in [2.05, 4.69) is 6.92 Å². The fourth-order valence-electron chi connectivity index (χ4n) is 0.977. The van der Waals surface area contributed by atoms with Crippen LogP contribution >= 0.6 is 11.6 Å². The Balaban J connectivity index is 2.26. The van der Waals surface area contributed by atoms with Crippen molar-refractivity contribution in [3.05, 3.63) is 0 Å². The minimum absolute atomic E-state index is 0.142. The molecule has 0 aromatic rings. The predicted octanol–water partition coefficient (Wildman–Crippen LogP) is 1.80. The molecule has 0 amide bonds. The molecule has 1 rings (SSSR count). The van der Waals surface area contributed by atoms with E-state index in [1.807, 2.05) is 0 Å². The molecule has 1 nitrogen and oxygen atoms in total. The average molecular weight is 133 g/mol. The molecule has 0 N–H and O–H groups in total. The van der Waals surface area contributed by atoms with E-state index in [1.165, 1.54) is 0 Å². The Morgan fingerprint density at radius 3 is 2.62 bits per heavy atom.